The minimum absolute atomic E-state index is 0.297. The van der Waals surface area contributed by atoms with Gasteiger partial charge in [0.15, 0.2) is 0 Å². The van der Waals surface area contributed by atoms with E-state index in [1.807, 2.05) is 26.4 Å². The molecule has 116 valence electrons. The van der Waals surface area contributed by atoms with E-state index < -0.39 is 11.9 Å². The number of hydrogen-bond donors (Lipinski definition) is 0. The fourth-order valence-electron chi connectivity index (χ4n) is 1.29. The van der Waals surface area contributed by atoms with E-state index in [4.69, 9.17) is 9.47 Å². The smallest absolute Gasteiger partial charge is 0.331 e. The number of thioether (sulfide) groups is 2. The van der Waals surface area contributed by atoms with Crippen LogP contribution in [0.5, 0.6) is 0 Å². The summed E-state index contributed by atoms with van der Waals surface area (Å²) in [6, 6.07) is 0. The molecule has 0 radical (unpaired) electrons. The van der Waals surface area contributed by atoms with E-state index >= 15 is 0 Å². The summed E-state index contributed by atoms with van der Waals surface area (Å²) in [5.41, 5.74) is 0. The normalized spacial score (nSPS) is 14.0. The van der Waals surface area contributed by atoms with Crippen LogP contribution in [0.25, 0.3) is 0 Å². The van der Waals surface area contributed by atoms with Crippen molar-refractivity contribution in [3.8, 4) is 0 Å². The van der Waals surface area contributed by atoms with Crippen LogP contribution in [0.15, 0.2) is 12.2 Å². The second-order valence-electron chi connectivity index (χ2n) is 4.13. The Labute approximate surface area is 130 Å². The maximum absolute atomic E-state index is 11.4. The van der Waals surface area contributed by atoms with Gasteiger partial charge >= 0.3 is 11.9 Å². The molecule has 0 rings (SSSR count). The molecule has 0 amide bonds. The standard InChI is InChI=1S/C14H24O4S2/c1-5-11(19-3)9-17-13(15)7-8-14(16)18-10-12(6-2)20-4/h7-8,11-12H,5-6,9-10H2,1-4H3/b8-7-. The second kappa shape index (κ2) is 12.1. The van der Waals surface area contributed by atoms with Gasteiger partial charge in [-0.25, -0.2) is 9.59 Å². The summed E-state index contributed by atoms with van der Waals surface area (Å²) in [6.07, 6.45) is 8.07. The Balaban J connectivity index is 3.96. The van der Waals surface area contributed by atoms with Gasteiger partial charge in [0, 0.05) is 22.7 Å². The summed E-state index contributed by atoms with van der Waals surface area (Å²) < 4.78 is 10.1. The zero-order valence-corrected chi connectivity index (χ0v) is 14.2. The Morgan fingerprint density at radius 3 is 1.50 bits per heavy atom. The van der Waals surface area contributed by atoms with E-state index in [2.05, 4.69) is 0 Å². The topological polar surface area (TPSA) is 52.6 Å². The van der Waals surface area contributed by atoms with E-state index in [0.29, 0.717) is 23.7 Å². The lowest BCUT2D eigenvalue weighted by Gasteiger charge is -2.11. The molecule has 0 saturated heterocycles. The van der Waals surface area contributed by atoms with Crippen molar-refractivity contribution < 1.29 is 19.1 Å². The average Bonchev–Trinajstić information content (AvgIpc) is 2.47. The molecule has 0 heterocycles. The van der Waals surface area contributed by atoms with Crippen molar-refractivity contribution in [2.24, 2.45) is 0 Å². The van der Waals surface area contributed by atoms with Gasteiger partial charge in [-0.15, -0.1) is 0 Å². The van der Waals surface area contributed by atoms with Gasteiger partial charge in [-0.2, -0.15) is 23.5 Å². The van der Waals surface area contributed by atoms with Gasteiger partial charge in [0.05, 0.1) is 0 Å². The Hall–Kier alpha value is -0.620. The van der Waals surface area contributed by atoms with Crippen LogP contribution < -0.4 is 0 Å². The molecule has 0 aliphatic rings. The molecule has 0 aliphatic heterocycles. The largest absolute Gasteiger partial charge is 0.461 e. The monoisotopic (exact) mass is 320 g/mol. The molecule has 0 N–H and O–H groups in total. The zero-order valence-electron chi connectivity index (χ0n) is 12.6. The second-order valence-corrected chi connectivity index (χ2v) is 6.40. The Kier molecular flexibility index (Phi) is 11.8. The number of ether oxygens (including phenoxy) is 2. The summed E-state index contributed by atoms with van der Waals surface area (Å²) >= 11 is 3.31. The van der Waals surface area contributed by atoms with E-state index in [-0.39, 0.29) is 0 Å². The van der Waals surface area contributed by atoms with Gasteiger partial charge in [-0.3, -0.25) is 0 Å². The highest BCUT2D eigenvalue weighted by Gasteiger charge is 2.09. The summed E-state index contributed by atoms with van der Waals surface area (Å²) in [4.78, 5) is 22.8. The van der Waals surface area contributed by atoms with Crippen molar-refractivity contribution in [1.29, 1.82) is 0 Å². The quantitative estimate of drug-likeness (QED) is 0.456. The van der Waals surface area contributed by atoms with Gasteiger partial charge in [-0.1, -0.05) is 13.8 Å². The molecule has 2 atom stereocenters. The van der Waals surface area contributed by atoms with E-state index in [1.54, 1.807) is 23.5 Å². The van der Waals surface area contributed by atoms with E-state index in [0.717, 1.165) is 25.0 Å². The third-order valence-electron chi connectivity index (χ3n) is 2.76. The van der Waals surface area contributed by atoms with Crippen molar-refractivity contribution in [2.75, 3.05) is 25.7 Å². The average molecular weight is 320 g/mol. The predicted molar refractivity (Wildman–Crippen MR) is 86.2 cm³/mol. The van der Waals surface area contributed by atoms with Crippen LogP contribution in [0, 0.1) is 0 Å². The number of esters is 2. The SMILES string of the molecule is CCC(COC(=O)/C=C\C(=O)OCC(CC)SC)SC. The van der Waals surface area contributed by atoms with Crippen molar-refractivity contribution >= 4 is 35.5 Å². The van der Waals surface area contributed by atoms with Crippen LogP contribution in [0.2, 0.25) is 0 Å². The number of carbonyl (C=O) groups is 2. The molecule has 0 aromatic carbocycles. The van der Waals surface area contributed by atoms with Gasteiger partial charge in [0.1, 0.15) is 13.2 Å². The van der Waals surface area contributed by atoms with Gasteiger partial charge in [0.2, 0.25) is 0 Å². The lowest BCUT2D eigenvalue weighted by molar-refractivity contribution is -0.140. The first kappa shape index (κ1) is 19.4. The molecule has 0 saturated carbocycles. The van der Waals surface area contributed by atoms with Gasteiger partial charge in [-0.05, 0) is 25.4 Å². The molecule has 4 nitrogen and oxygen atoms in total. The van der Waals surface area contributed by atoms with Crippen LogP contribution in [0.4, 0.5) is 0 Å². The molecule has 20 heavy (non-hydrogen) atoms. The molecule has 6 heteroatoms. The molecular formula is C14H24O4S2. The minimum Gasteiger partial charge on any atom is -0.461 e. The summed E-state index contributed by atoms with van der Waals surface area (Å²) in [6.45, 7) is 4.80. The Morgan fingerprint density at radius 2 is 1.25 bits per heavy atom. The maximum atomic E-state index is 11.4. The van der Waals surface area contributed by atoms with Gasteiger partial charge < -0.3 is 9.47 Å². The summed E-state index contributed by atoms with van der Waals surface area (Å²) in [5, 5.41) is 0.595. The van der Waals surface area contributed by atoms with Gasteiger partial charge in [0.25, 0.3) is 0 Å². The fourth-order valence-corrected chi connectivity index (χ4v) is 2.36. The minimum atomic E-state index is -0.508. The lowest BCUT2D eigenvalue weighted by Crippen LogP contribution is -2.15. The zero-order chi connectivity index (χ0) is 15.4. The molecule has 0 aromatic heterocycles. The maximum Gasteiger partial charge on any atom is 0.331 e. The highest BCUT2D eigenvalue weighted by atomic mass is 32.2. The first-order chi connectivity index (χ1) is 9.57. The first-order valence-electron chi connectivity index (χ1n) is 6.64. The van der Waals surface area contributed by atoms with Crippen LogP contribution in [0.1, 0.15) is 26.7 Å². The van der Waals surface area contributed by atoms with E-state index in [9.17, 15) is 9.59 Å². The highest BCUT2D eigenvalue weighted by Crippen LogP contribution is 2.11. The number of hydrogen-bond acceptors (Lipinski definition) is 6. The van der Waals surface area contributed by atoms with Crippen LogP contribution in [-0.4, -0.2) is 48.2 Å². The van der Waals surface area contributed by atoms with Crippen molar-refractivity contribution in [3.63, 3.8) is 0 Å². The van der Waals surface area contributed by atoms with Crippen molar-refractivity contribution in [1.82, 2.24) is 0 Å². The highest BCUT2D eigenvalue weighted by molar-refractivity contribution is 7.99. The molecule has 0 aliphatic carbocycles. The Morgan fingerprint density at radius 1 is 0.900 bits per heavy atom. The fraction of sp³-hybridized carbons (Fsp3) is 0.714. The number of carbonyl (C=O) groups excluding carboxylic acids is 2. The predicted octanol–water partition coefficient (Wildman–Crippen LogP) is 2.91. The molecule has 0 fully saturated rings. The van der Waals surface area contributed by atoms with Crippen LogP contribution in [-0.2, 0) is 19.1 Å². The first-order valence-corrected chi connectivity index (χ1v) is 9.22. The van der Waals surface area contributed by atoms with Crippen LogP contribution >= 0.6 is 23.5 Å². The summed E-state index contributed by atoms with van der Waals surface area (Å²) in [7, 11) is 0. The number of rotatable bonds is 10. The third-order valence-corrected chi connectivity index (χ3v) is 5.03. The molecule has 2 unspecified atom stereocenters. The Bertz CT molecular complexity index is 280. The molecule has 0 aromatic rings. The molecule has 0 spiro atoms. The lowest BCUT2D eigenvalue weighted by atomic mass is 10.3. The van der Waals surface area contributed by atoms with Crippen LogP contribution in [0.3, 0.4) is 0 Å². The third kappa shape index (κ3) is 9.31. The molecule has 0 bridgehead atoms. The van der Waals surface area contributed by atoms with E-state index in [1.165, 1.54) is 0 Å². The van der Waals surface area contributed by atoms with Crippen molar-refractivity contribution in [3.05, 3.63) is 12.2 Å². The summed E-state index contributed by atoms with van der Waals surface area (Å²) in [5.74, 6) is -1.02. The molecular weight excluding hydrogens is 296 g/mol. The van der Waals surface area contributed by atoms with Crippen molar-refractivity contribution in [2.45, 2.75) is 37.2 Å².